The van der Waals surface area contributed by atoms with Crippen LogP contribution in [0.3, 0.4) is 0 Å². The molecule has 1 aliphatic heterocycles. The van der Waals surface area contributed by atoms with Crippen LogP contribution in [-0.2, 0) is 16.1 Å². The van der Waals surface area contributed by atoms with Crippen molar-refractivity contribution in [3.8, 4) is 0 Å². The minimum atomic E-state index is -0.475. The van der Waals surface area contributed by atoms with Crippen LogP contribution in [-0.4, -0.2) is 33.8 Å². The van der Waals surface area contributed by atoms with E-state index < -0.39 is 12.1 Å². The van der Waals surface area contributed by atoms with Gasteiger partial charge < -0.3 is 14.6 Å². The standard InChI is InChI=1S/C14H21N3O3/c1-5-10-14(19)17(7-11-15-6-9(4)20-11)12(8(2)3)13(18)16-10/h6,8,10,12H,5,7H2,1-4H3,(H,16,18). The molecule has 0 spiro atoms. The lowest BCUT2D eigenvalue weighted by Crippen LogP contribution is -2.64. The second-order valence-corrected chi connectivity index (χ2v) is 5.49. The number of aryl methyl sites for hydroxylation is 1. The summed E-state index contributed by atoms with van der Waals surface area (Å²) in [7, 11) is 0. The van der Waals surface area contributed by atoms with Gasteiger partial charge in [0.2, 0.25) is 17.7 Å². The maximum atomic E-state index is 12.5. The molecule has 2 atom stereocenters. The summed E-state index contributed by atoms with van der Waals surface area (Å²) >= 11 is 0. The smallest absolute Gasteiger partial charge is 0.246 e. The van der Waals surface area contributed by atoms with Crippen molar-refractivity contribution in [2.45, 2.75) is 52.7 Å². The molecule has 2 amide bonds. The fraction of sp³-hybridized carbons (Fsp3) is 0.643. The van der Waals surface area contributed by atoms with E-state index in [0.29, 0.717) is 18.1 Å². The van der Waals surface area contributed by atoms with Crippen LogP contribution in [0.4, 0.5) is 0 Å². The molecule has 20 heavy (non-hydrogen) atoms. The van der Waals surface area contributed by atoms with Crippen molar-refractivity contribution in [2.24, 2.45) is 5.92 Å². The summed E-state index contributed by atoms with van der Waals surface area (Å²) in [6.07, 6.45) is 2.20. The highest BCUT2D eigenvalue weighted by Gasteiger charge is 2.41. The molecule has 1 aliphatic rings. The van der Waals surface area contributed by atoms with E-state index in [4.69, 9.17) is 4.42 Å². The number of nitrogens with zero attached hydrogens (tertiary/aromatic N) is 2. The molecule has 0 radical (unpaired) electrons. The molecule has 1 N–H and O–H groups in total. The SMILES string of the molecule is CCC1NC(=O)C(C(C)C)N(Cc2ncc(C)o2)C1=O. The molecular weight excluding hydrogens is 258 g/mol. The fourth-order valence-corrected chi connectivity index (χ4v) is 2.53. The van der Waals surface area contributed by atoms with Crippen LogP contribution in [0.15, 0.2) is 10.6 Å². The molecule has 0 aromatic carbocycles. The zero-order chi connectivity index (χ0) is 14.9. The van der Waals surface area contributed by atoms with Crippen molar-refractivity contribution in [3.63, 3.8) is 0 Å². The summed E-state index contributed by atoms with van der Waals surface area (Å²) in [6, 6.07) is -0.925. The van der Waals surface area contributed by atoms with Crippen LogP contribution in [0, 0.1) is 12.8 Å². The zero-order valence-electron chi connectivity index (χ0n) is 12.3. The number of aromatic nitrogens is 1. The van der Waals surface area contributed by atoms with Crippen molar-refractivity contribution in [2.75, 3.05) is 0 Å². The highest BCUT2D eigenvalue weighted by Crippen LogP contribution is 2.21. The lowest BCUT2D eigenvalue weighted by molar-refractivity contribution is -0.152. The average Bonchev–Trinajstić information content (AvgIpc) is 2.78. The van der Waals surface area contributed by atoms with Gasteiger partial charge in [-0.1, -0.05) is 20.8 Å². The molecule has 0 aliphatic carbocycles. The van der Waals surface area contributed by atoms with Gasteiger partial charge in [-0.15, -0.1) is 0 Å². The maximum Gasteiger partial charge on any atom is 0.246 e. The third-order valence-corrected chi connectivity index (χ3v) is 3.52. The van der Waals surface area contributed by atoms with Crippen LogP contribution in [0.25, 0.3) is 0 Å². The minimum Gasteiger partial charge on any atom is -0.444 e. The Balaban J connectivity index is 2.27. The topological polar surface area (TPSA) is 75.4 Å². The first kappa shape index (κ1) is 14.6. The molecule has 0 saturated carbocycles. The summed E-state index contributed by atoms with van der Waals surface area (Å²) in [5.74, 6) is 1.03. The third-order valence-electron chi connectivity index (χ3n) is 3.52. The van der Waals surface area contributed by atoms with E-state index in [-0.39, 0.29) is 24.3 Å². The number of carbonyl (C=O) groups is 2. The van der Waals surface area contributed by atoms with Gasteiger partial charge in [0.15, 0.2) is 0 Å². The second kappa shape index (κ2) is 5.64. The van der Waals surface area contributed by atoms with Gasteiger partial charge in [-0.25, -0.2) is 4.98 Å². The third kappa shape index (κ3) is 2.69. The predicted octanol–water partition coefficient (Wildman–Crippen LogP) is 1.24. The van der Waals surface area contributed by atoms with E-state index in [9.17, 15) is 9.59 Å². The number of hydrogen-bond donors (Lipinski definition) is 1. The molecule has 6 nitrogen and oxygen atoms in total. The molecular formula is C14H21N3O3. The van der Waals surface area contributed by atoms with Gasteiger partial charge in [-0.05, 0) is 19.3 Å². The summed E-state index contributed by atoms with van der Waals surface area (Å²) in [4.78, 5) is 30.4. The van der Waals surface area contributed by atoms with E-state index in [1.807, 2.05) is 20.8 Å². The normalized spacial score (nSPS) is 23.4. The Morgan fingerprint density at radius 3 is 2.65 bits per heavy atom. The van der Waals surface area contributed by atoms with E-state index >= 15 is 0 Å². The van der Waals surface area contributed by atoms with Gasteiger partial charge in [0, 0.05) is 0 Å². The molecule has 2 unspecified atom stereocenters. The summed E-state index contributed by atoms with van der Waals surface area (Å²) in [5, 5.41) is 2.79. The van der Waals surface area contributed by atoms with Gasteiger partial charge >= 0.3 is 0 Å². The Labute approximate surface area is 118 Å². The number of amides is 2. The highest BCUT2D eigenvalue weighted by molar-refractivity contribution is 5.97. The molecule has 6 heteroatoms. The minimum absolute atomic E-state index is 0.0350. The first-order valence-corrected chi connectivity index (χ1v) is 6.96. The Bertz CT molecular complexity index is 510. The molecule has 1 aromatic rings. The maximum absolute atomic E-state index is 12.5. The highest BCUT2D eigenvalue weighted by atomic mass is 16.4. The molecule has 1 aromatic heterocycles. The summed E-state index contributed by atoms with van der Waals surface area (Å²) in [5.41, 5.74) is 0. The fourth-order valence-electron chi connectivity index (χ4n) is 2.53. The molecule has 0 bridgehead atoms. The number of piperazine rings is 1. The van der Waals surface area contributed by atoms with Gasteiger partial charge in [0.1, 0.15) is 17.8 Å². The van der Waals surface area contributed by atoms with Crippen LogP contribution in [0.2, 0.25) is 0 Å². The molecule has 2 heterocycles. The molecule has 1 saturated heterocycles. The van der Waals surface area contributed by atoms with Crippen LogP contribution >= 0.6 is 0 Å². The number of rotatable bonds is 4. The number of hydrogen-bond acceptors (Lipinski definition) is 4. The van der Waals surface area contributed by atoms with Crippen molar-refractivity contribution >= 4 is 11.8 Å². The van der Waals surface area contributed by atoms with Gasteiger partial charge in [0.25, 0.3) is 0 Å². The molecule has 2 rings (SSSR count). The van der Waals surface area contributed by atoms with Crippen LogP contribution < -0.4 is 5.32 Å². The van der Waals surface area contributed by atoms with E-state index in [0.717, 1.165) is 0 Å². The average molecular weight is 279 g/mol. The van der Waals surface area contributed by atoms with Gasteiger partial charge in [-0.3, -0.25) is 9.59 Å². The Kier molecular flexibility index (Phi) is 4.11. The van der Waals surface area contributed by atoms with Crippen molar-refractivity contribution < 1.29 is 14.0 Å². The number of oxazole rings is 1. The van der Waals surface area contributed by atoms with Crippen LogP contribution in [0.5, 0.6) is 0 Å². The second-order valence-electron chi connectivity index (χ2n) is 5.49. The monoisotopic (exact) mass is 279 g/mol. The van der Waals surface area contributed by atoms with Crippen molar-refractivity contribution in [1.82, 2.24) is 15.2 Å². The number of nitrogens with one attached hydrogen (secondary N) is 1. The lowest BCUT2D eigenvalue weighted by Gasteiger charge is -2.40. The Morgan fingerprint density at radius 1 is 1.45 bits per heavy atom. The Hall–Kier alpha value is -1.85. The number of carbonyl (C=O) groups excluding carboxylic acids is 2. The Morgan fingerprint density at radius 2 is 2.15 bits per heavy atom. The summed E-state index contributed by atoms with van der Waals surface area (Å²) < 4.78 is 5.43. The first-order chi connectivity index (χ1) is 9.43. The van der Waals surface area contributed by atoms with Crippen molar-refractivity contribution in [3.05, 3.63) is 17.8 Å². The van der Waals surface area contributed by atoms with E-state index in [2.05, 4.69) is 10.3 Å². The van der Waals surface area contributed by atoms with Gasteiger partial charge in [0.05, 0.1) is 12.7 Å². The van der Waals surface area contributed by atoms with E-state index in [1.54, 1.807) is 18.0 Å². The van der Waals surface area contributed by atoms with Gasteiger partial charge in [-0.2, -0.15) is 0 Å². The zero-order valence-corrected chi connectivity index (χ0v) is 12.3. The predicted molar refractivity (Wildman–Crippen MR) is 72.6 cm³/mol. The summed E-state index contributed by atoms with van der Waals surface area (Å²) in [6.45, 7) is 7.77. The first-order valence-electron chi connectivity index (χ1n) is 6.96. The molecule has 1 fully saturated rings. The lowest BCUT2D eigenvalue weighted by atomic mass is 9.96. The van der Waals surface area contributed by atoms with E-state index in [1.165, 1.54) is 0 Å². The van der Waals surface area contributed by atoms with Crippen molar-refractivity contribution in [1.29, 1.82) is 0 Å². The largest absolute Gasteiger partial charge is 0.444 e. The molecule has 110 valence electrons. The quantitative estimate of drug-likeness (QED) is 0.900. The van der Waals surface area contributed by atoms with Crippen LogP contribution in [0.1, 0.15) is 38.8 Å².